The molecule has 7 nitrogen and oxygen atoms in total. The van der Waals surface area contributed by atoms with Crippen molar-refractivity contribution in [3.8, 4) is 22.8 Å². The molecule has 0 bridgehead atoms. The number of rotatable bonds is 6. The number of methoxy groups -OCH3 is 1. The van der Waals surface area contributed by atoms with Crippen LogP contribution in [0.4, 0.5) is 11.4 Å². The van der Waals surface area contributed by atoms with Gasteiger partial charge in [-0.3, -0.25) is 0 Å². The highest BCUT2D eigenvalue weighted by atomic mass is 35.5. The van der Waals surface area contributed by atoms with Crippen molar-refractivity contribution in [2.24, 2.45) is 4.99 Å². The van der Waals surface area contributed by atoms with E-state index in [-0.39, 0.29) is 6.61 Å². The lowest BCUT2D eigenvalue weighted by atomic mass is 10.1. The Hall–Kier alpha value is -3.10. The van der Waals surface area contributed by atoms with Crippen molar-refractivity contribution < 1.29 is 14.0 Å². The first-order chi connectivity index (χ1) is 17.9. The van der Waals surface area contributed by atoms with E-state index in [4.69, 9.17) is 60.4 Å². The zero-order valence-electron chi connectivity index (χ0n) is 19.7. The average molecular weight is 578 g/mol. The number of benzene rings is 3. The SMILES string of the molecule is COc1cc2c(cc1OCc1c(-c3c(Cl)cccc3Cl)noc1C)NCN=C2Nc1ccc(Cl)c(Cl)c1. The standard InChI is InChI=1S/C26H20Cl4N4O3/c1-13-16(25(34-37-13)24-18(28)4-3-5-19(24)29)11-36-23-10-21-15(9-22(23)35-2)26(32-12-31-21)33-14-6-7-17(27)20(30)8-14/h3-10,31H,11-12H2,1-2H3,(H,32,33). The number of halogens is 4. The van der Waals surface area contributed by atoms with Gasteiger partial charge >= 0.3 is 0 Å². The van der Waals surface area contributed by atoms with E-state index in [0.717, 1.165) is 22.5 Å². The third-order valence-electron chi connectivity index (χ3n) is 5.80. The number of aryl methyl sites for hydroxylation is 1. The lowest BCUT2D eigenvalue weighted by Gasteiger charge is -2.22. The summed E-state index contributed by atoms with van der Waals surface area (Å²) in [6.45, 7) is 2.34. The molecule has 2 heterocycles. The Morgan fingerprint density at radius 2 is 1.76 bits per heavy atom. The van der Waals surface area contributed by atoms with Crippen LogP contribution in [0.15, 0.2) is 58.0 Å². The summed E-state index contributed by atoms with van der Waals surface area (Å²) in [6, 6.07) is 14.3. The first-order valence-electron chi connectivity index (χ1n) is 11.1. The van der Waals surface area contributed by atoms with Gasteiger partial charge < -0.3 is 24.6 Å². The lowest BCUT2D eigenvalue weighted by molar-refractivity contribution is 0.282. The molecule has 0 spiro atoms. The van der Waals surface area contributed by atoms with E-state index in [0.29, 0.717) is 61.1 Å². The Labute approximate surface area is 233 Å². The van der Waals surface area contributed by atoms with Crippen LogP contribution in [-0.4, -0.2) is 24.8 Å². The zero-order valence-corrected chi connectivity index (χ0v) is 22.7. The van der Waals surface area contributed by atoms with E-state index in [2.05, 4.69) is 20.8 Å². The summed E-state index contributed by atoms with van der Waals surface area (Å²) in [4.78, 5) is 4.56. The summed E-state index contributed by atoms with van der Waals surface area (Å²) in [5.41, 5.74) is 4.24. The summed E-state index contributed by atoms with van der Waals surface area (Å²) in [7, 11) is 1.58. The van der Waals surface area contributed by atoms with E-state index in [1.54, 1.807) is 37.4 Å². The van der Waals surface area contributed by atoms with Crippen molar-refractivity contribution in [1.82, 2.24) is 5.16 Å². The molecule has 0 fully saturated rings. The number of amidine groups is 1. The van der Waals surface area contributed by atoms with Crippen molar-refractivity contribution in [3.63, 3.8) is 0 Å². The predicted octanol–water partition coefficient (Wildman–Crippen LogP) is 8.09. The molecule has 37 heavy (non-hydrogen) atoms. The van der Waals surface area contributed by atoms with Crippen molar-refractivity contribution in [1.29, 1.82) is 0 Å². The van der Waals surface area contributed by atoms with Crippen LogP contribution in [0.2, 0.25) is 20.1 Å². The van der Waals surface area contributed by atoms with E-state index >= 15 is 0 Å². The van der Waals surface area contributed by atoms with Gasteiger partial charge in [0.15, 0.2) is 11.5 Å². The van der Waals surface area contributed by atoms with Crippen LogP contribution >= 0.6 is 46.4 Å². The minimum absolute atomic E-state index is 0.157. The molecule has 5 rings (SSSR count). The van der Waals surface area contributed by atoms with Gasteiger partial charge in [0.25, 0.3) is 0 Å². The molecule has 0 aliphatic carbocycles. The summed E-state index contributed by atoms with van der Waals surface area (Å²) in [5.74, 6) is 2.31. The molecule has 1 aliphatic heterocycles. The third-order valence-corrected chi connectivity index (χ3v) is 7.17. The Kier molecular flexibility index (Phi) is 7.40. The molecular weight excluding hydrogens is 558 g/mol. The highest BCUT2D eigenvalue weighted by Gasteiger charge is 2.23. The summed E-state index contributed by atoms with van der Waals surface area (Å²) >= 11 is 25.0. The normalized spacial score (nSPS) is 12.4. The van der Waals surface area contributed by atoms with Gasteiger partial charge in [0.1, 0.15) is 30.6 Å². The topological polar surface area (TPSA) is 80.9 Å². The molecule has 0 saturated carbocycles. The number of aliphatic imine (C=N–C) groups is 1. The van der Waals surface area contributed by atoms with Gasteiger partial charge in [0.2, 0.25) is 0 Å². The fourth-order valence-electron chi connectivity index (χ4n) is 3.91. The summed E-state index contributed by atoms with van der Waals surface area (Å²) < 4.78 is 17.3. The number of hydrogen-bond acceptors (Lipinski definition) is 7. The monoisotopic (exact) mass is 576 g/mol. The number of anilines is 2. The largest absolute Gasteiger partial charge is 0.493 e. The first kappa shape index (κ1) is 25.5. The van der Waals surface area contributed by atoms with E-state index in [9.17, 15) is 0 Å². The van der Waals surface area contributed by atoms with Gasteiger partial charge in [-0.1, -0.05) is 57.6 Å². The molecule has 0 saturated heterocycles. The Bertz CT molecular complexity index is 1500. The Balaban J connectivity index is 1.42. The van der Waals surface area contributed by atoms with Crippen molar-refractivity contribution in [3.05, 3.63) is 85.5 Å². The Morgan fingerprint density at radius 3 is 2.49 bits per heavy atom. The summed E-state index contributed by atoms with van der Waals surface area (Å²) in [5, 5.41) is 12.6. The molecule has 1 aliphatic rings. The van der Waals surface area contributed by atoms with Gasteiger partial charge in [-0.15, -0.1) is 0 Å². The van der Waals surface area contributed by atoms with Gasteiger partial charge in [-0.25, -0.2) is 4.99 Å². The molecule has 1 aromatic heterocycles. The minimum atomic E-state index is 0.157. The van der Waals surface area contributed by atoms with Crippen LogP contribution in [-0.2, 0) is 6.61 Å². The second-order valence-electron chi connectivity index (χ2n) is 8.10. The Morgan fingerprint density at radius 1 is 0.973 bits per heavy atom. The average Bonchev–Trinajstić information content (AvgIpc) is 3.24. The zero-order chi connectivity index (χ0) is 26.1. The quantitative estimate of drug-likeness (QED) is 0.241. The maximum atomic E-state index is 6.41. The molecule has 4 aromatic rings. The van der Waals surface area contributed by atoms with Crippen LogP contribution in [0.25, 0.3) is 11.3 Å². The van der Waals surface area contributed by atoms with E-state index in [1.165, 1.54) is 0 Å². The number of fused-ring (bicyclic) bond motifs is 1. The van der Waals surface area contributed by atoms with Crippen LogP contribution in [0.5, 0.6) is 11.5 Å². The fraction of sp³-hybridized carbons (Fsp3) is 0.154. The molecule has 11 heteroatoms. The first-order valence-corrected chi connectivity index (χ1v) is 12.6. The number of aromatic nitrogens is 1. The molecule has 0 atom stereocenters. The van der Waals surface area contributed by atoms with E-state index < -0.39 is 0 Å². The van der Waals surface area contributed by atoms with Crippen molar-refractivity contribution >= 4 is 63.6 Å². The van der Waals surface area contributed by atoms with Crippen molar-refractivity contribution in [2.45, 2.75) is 13.5 Å². The van der Waals surface area contributed by atoms with Gasteiger partial charge in [0.05, 0.1) is 38.5 Å². The van der Waals surface area contributed by atoms with Crippen LogP contribution in [0.3, 0.4) is 0 Å². The van der Waals surface area contributed by atoms with Crippen LogP contribution in [0.1, 0.15) is 16.9 Å². The highest BCUT2D eigenvalue weighted by molar-refractivity contribution is 6.42. The van der Waals surface area contributed by atoms with Gasteiger partial charge in [-0.05, 0) is 43.3 Å². The molecule has 190 valence electrons. The highest BCUT2D eigenvalue weighted by Crippen LogP contribution is 2.39. The molecule has 3 aromatic carbocycles. The van der Waals surface area contributed by atoms with Crippen LogP contribution < -0.4 is 20.1 Å². The van der Waals surface area contributed by atoms with Gasteiger partial charge in [-0.2, -0.15) is 0 Å². The number of hydrogen-bond donors (Lipinski definition) is 2. The summed E-state index contributed by atoms with van der Waals surface area (Å²) in [6.07, 6.45) is 0. The molecule has 0 unspecified atom stereocenters. The maximum absolute atomic E-state index is 6.41. The van der Waals surface area contributed by atoms with Crippen LogP contribution in [0, 0.1) is 6.92 Å². The third kappa shape index (κ3) is 5.18. The number of ether oxygens (including phenoxy) is 2. The fourth-order valence-corrected chi connectivity index (χ4v) is 4.79. The van der Waals surface area contributed by atoms with Gasteiger partial charge in [0, 0.05) is 22.9 Å². The molecule has 0 amide bonds. The minimum Gasteiger partial charge on any atom is -0.493 e. The molecule has 0 radical (unpaired) electrons. The van der Waals surface area contributed by atoms with Crippen molar-refractivity contribution in [2.75, 3.05) is 24.4 Å². The molecular formula is C26H20Cl4N4O3. The smallest absolute Gasteiger partial charge is 0.163 e. The van der Waals surface area contributed by atoms with E-state index in [1.807, 2.05) is 25.1 Å². The number of nitrogens with zero attached hydrogens (tertiary/aromatic N) is 2. The lowest BCUT2D eigenvalue weighted by Crippen LogP contribution is -2.22. The maximum Gasteiger partial charge on any atom is 0.163 e. The number of nitrogens with one attached hydrogen (secondary N) is 2. The second kappa shape index (κ2) is 10.7. The predicted molar refractivity (Wildman–Crippen MR) is 149 cm³/mol. The molecule has 2 N–H and O–H groups in total. The second-order valence-corrected chi connectivity index (χ2v) is 9.72.